The second kappa shape index (κ2) is 6.02. The van der Waals surface area contributed by atoms with Gasteiger partial charge in [0, 0.05) is 31.8 Å². The van der Waals surface area contributed by atoms with Crippen molar-refractivity contribution in [3.63, 3.8) is 0 Å². The van der Waals surface area contributed by atoms with E-state index in [1.807, 2.05) is 12.1 Å². The van der Waals surface area contributed by atoms with Gasteiger partial charge in [-0.15, -0.1) is 0 Å². The lowest BCUT2D eigenvalue weighted by Gasteiger charge is -2.32. The summed E-state index contributed by atoms with van der Waals surface area (Å²) in [5.41, 5.74) is 7.81. The van der Waals surface area contributed by atoms with Gasteiger partial charge in [0.05, 0.1) is 18.0 Å². The Kier molecular flexibility index (Phi) is 4.37. The number of anilines is 2. The van der Waals surface area contributed by atoms with E-state index in [9.17, 15) is 0 Å². The zero-order valence-corrected chi connectivity index (χ0v) is 11.8. The van der Waals surface area contributed by atoms with Gasteiger partial charge in [-0.3, -0.25) is 0 Å². The average molecular weight is 266 g/mol. The number of nitrogens with two attached hydrogens (primary N) is 1. The number of ether oxygens (including phenoxy) is 3. The van der Waals surface area contributed by atoms with Crippen LogP contribution >= 0.6 is 0 Å². The zero-order chi connectivity index (χ0) is 13.8. The van der Waals surface area contributed by atoms with Crippen LogP contribution in [0.25, 0.3) is 0 Å². The van der Waals surface area contributed by atoms with Crippen molar-refractivity contribution >= 4 is 11.4 Å². The molecule has 0 saturated carbocycles. The minimum absolute atomic E-state index is 0.250. The lowest BCUT2D eigenvalue weighted by atomic mass is 10.1. The van der Waals surface area contributed by atoms with E-state index >= 15 is 0 Å². The molecule has 1 aliphatic heterocycles. The summed E-state index contributed by atoms with van der Waals surface area (Å²) in [5.74, 6) is 1.49. The van der Waals surface area contributed by atoms with E-state index in [4.69, 9.17) is 19.9 Å². The molecule has 1 aromatic rings. The van der Waals surface area contributed by atoms with Gasteiger partial charge in [-0.25, -0.2) is 0 Å². The van der Waals surface area contributed by atoms with Crippen LogP contribution in [0.3, 0.4) is 0 Å². The third-order valence-corrected chi connectivity index (χ3v) is 3.28. The lowest BCUT2D eigenvalue weighted by molar-refractivity contribution is 0.171. The van der Waals surface area contributed by atoms with Gasteiger partial charge in [-0.1, -0.05) is 0 Å². The molecule has 0 amide bonds. The highest BCUT2D eigenvalue weighted by Crippen LogP contribution is 2.39. The normalized spacial score (nSPS) is 15.1. The Balaban J connectivity index is 2.31. The van der Waals surface area contributed by atoms with Crippen LogP contribution in [0.4, 0.5) is 11.4 Å². The summed E-state index contributed by atoms with van der Waals surface area (Å²) in [4.78, 5) is 2.21. The number of methoxy groups -OCH3 is 1. The van der Waals surface area contributed by atoms with Crippen molar-refractivity contribution in [3.05, 3.63) is 12.1 Å². The minimum atomic E-state index is 0.250. The Morgan fingerprint density at radius 1 is 1.32 bits per heavy atom. The predicted molar refractivity (Wildman–Crippen MR) is 76.2 cm³/mol. The monoisotopic (exact) mass is 266 g/mol. The van der Waals surface area contributed by atoms with Gasteiger partial charge in [-0.05, 0) is 13.8 Å². The van der Waals surface area contributed by atoms with E-state index in [-0.39, 0.29) is 6.04 Å². The van der Waals surface area contributed by atoms with Gasteiger partial charge in [-0.2, -0.15) is 0 Å². The second-order valence-corrected chi connectivity index (χ2v) is 4.65. The largest absolute Gasteiger partial charge is 0.486 e. The molecular formula is C14H22N2O3. The van der Waals surface area contributed by atoms with Crippen molar-refractivity contribution < 1.29 is 14.2 Å². The van der Waals surface area contributed by atoms with E-state index in [0.29, 0.717) is 25.5 Å². The number of hydrogen-bond donors (Lipinski definition) is 1. The number of benzene rings is 1. The Morgan fingerprint density at radius 2 is 1.95 bits per heavy atom. The molecule has 2 rings (SSSR count). The standard InChI is InChI=1S/C14H22N2O3/c1-4-16(10(2)9-17-3)12-8-14-13(7-11(12)15)18-5-6-19-14/h7-8,10H,4-6,9,15H2,1-3H3. The van der Waals surface area contributed by atoms with Crippen molar-refractivity contribution in [1.82, 2.24) is 0 Å². The number of nitrogen functional groups attached to an aromatic ring is 1. The zero-order valence-electron chi connectivity index (χ0n) is 11.8. The number of nitrogens with zero attached hydrogens (tertiary/aromatic N) is 1. The fraction of sp³-hybridized carbons (Fsp3) is 0.571. The third kappa shape index (κ3) is 2.87. The highest BCUT2D eigenvalue weighted by Gasteiger charge is 2.20. The molecule has 1 atom stereocenters. The molecule has 5 nitrogen and oxygen atoms in total. The van der Waals surface area contributed by atoms with Gasteiger partial charge in [0.15, 0.2) is 11.5 Å². The molecule has 0 bridgehead atoms. The molecule has 1 aromatic carbocycles. The first-order valence-electron chi connectivity index (χ1n) is 6.62. The smallest absolute Gasteiger partial charge is 0.163 e. The molecule has 0 aliphatic carbocycles. The molecule has 19 heavy (non-hydrogen) atoms. The number of rotatable bonds is 5. The topological polar surface area (TPSA) is 57.0 Å². The fourth-order valence-corrected chi connectivity index (χ4v) is 2.39. The lowest BCUT2D eigenvalue weighted by Crippen LogP contribution is -2.36. The SMILES string of the molecule is CCN(c1cc2c(cc1N)OCCO2)C(C)COC. The Morgan fingerprint density at radius 3 is 2.53 bits per heavy atom. The van der Waals surface area contributed by atoms with Gasteiger partial charge < -0.3 is 24.8 Å². The molecule has 106 valence electrons. The maximum Gasteiger partial charge on any atom is 0.163 e. The van der Waals surface area contributed by atoms with E-state index in [1.54, 1.807) is 7.11 Å². The molecule has 0 spiro atoms. The average Bonchev–Trinajstić information content (AvgIpc) is 2.40. The molecule has 0 aromatic heterocycles. The fourth-order valence-electron chi connectivity index (χ4n) is 2.39. The van der Waals surface area contributed by atoms with Crippen molar-refractivity contribution in [2.24, 2.45) is 0 Å². The van der Waals surface area contributed by atoms with Crippen LogP contribution in [-0.4, -0.2) is 39.5 Å². The summed E-state index contributed by atoms with van der Waals surface area (Å²) in [6.45, 7) is 6.88. The number of fused-ring (bicyclic) bond motifs is 1. The third-order valence-electron chi connectivity index (χ3n) is 3.28. The van der Waals surface area contributed by atoms with Crippen LogP contribution < -0.4 is 20.1 Å². The number of likely N-dealkylation sites (N-methyl/N-ethyl adjacent to an activating group) is 1. The predicted octanol–water partition coefficient (Wildman–Crippen LogP) is 1.90. The summed E-state index contributed by atoms with van der Waals surface area (Å²) < 4.78 is 16.4. The van der Waals surface area contributed by atoms with Crippen LogP contribution in [0, 0.1) is 0 Å². The Labute approximate surface area is 114 Å². The highest BCUT2D eigenvalue weighted by molar-refractivity contribution is 5.73. The van der Waals surface area contributed by atoms with E-state index in [2.05, 4.69) is 18.7 Å². The van der Waals surface area contributed by atoms with Crippen molar-refractivity contribution in [3.8, 4) is 11.5 Å². The number of hydrogen-bond acceptors (Lipinski definition) is 5. The molecule has 1 aliphatic rings. The van der Waals surface area contributed by atoms with E-state index in [0.717, 1.165) is 23.7 Å². The molecule has 0 radical (unpaired) electrons. The molecule has 5 heteroatoms. The van der Waals surface area contributed by atoms with Crippen LogP contribution in [0.5, 0.6) is 11.5 Å². The first-order chi connectivity index (χ1) is 9.17. The maximum atomic E-state index is 6.14. The molecular weight excluding hydrogens is 244 g/mol. The van der Waals surface area contributed by atoms with E-state index in [1.165, 1.54) is 0 Å². The van der Waals surface area contributed by atoms with Gasteiger partial charge in [0.2, 0.25) is 0 Å². The van der Waals surface area contributed by atoms with Gasteiger partial charge in [0.1, 0.15) is 13.2 Å². The highest BCUT2D eigenvalue weighted by atomic mass is 16.6. The van der Waals surface area contributed by atoms with Crippen molar-refractivity contribution in [2.75, 3.05) is 44.1 Å². The molecule has 2 N–H and O–H groups in total. The summed E-state index contributed by atoms with van der Waals surface area (Å²) in [7, 11) is 1.71. The molecule has 1 unspecified atom stereocenters. The van der Waals surface area contributed by atoms with Crippen LogP contribution in [0.15, 0.2) is 12.1 Å². The van der Waals surface area contributed by atoms with Crippen molar-refractivity contribution in [1.29, 1.82) is 0 Å². The van der Waals surface area contributed by atoms with Crippen molar-refractivity contribution in [2.45, 2.75) is 19.9 Å². The first-order valence-corrected chi connectivity index (χ1v) is 6.62. The van der Waals surface area contributed by atoms with Crippen LogP contribution in [-0.2, 0) is 4.74 Å². The summed E-state index contributed by atoms with van der Waals surface area (Å²) in [5, 5.41) is 0. The Bertz CT molecular complexity index is 437. The van der Waals surface area contributed by atoms with Crippen LogP contribution in [0.1, 0.15) is 13.8 Å². The Hall–Kier alpha value is -1.62. The molecule has 0 fully saturated rings. The molecule has 1 heterocycles. The second-order valence-electron chi connectivity index (χ2n) is 4.65. The van der Waals surface area contributed by atoms with Gasteiger partial charge in [0.25, 0.3) is 0 Å². The molecule has 0 saturated heterocycles. The van der Waals surface area contributed by atoms with E-state index < -0.39 is 0 Å². The quantitative estimate of drug-likeness (QED) is 0.825. The maximum absolute atomic E-state index is 6.14. The first kappa shape index (κ1) is 13.8. The summed E-state index contributed by atoms with van der Waals surface area (Å²) in [6, 6.07) is 4.05. The summed E-state index contributed by atoms with van der Waals surface area (Å²) >= 11 is 0. The van der Waals surface area contributed by atoms with Crippen LogP contribution in [0.2, 0.25) is 0 Å². The van der Waals surface area contributed by atoms with Gasteiger partial charge >= 0.3 is 0 Å². The minimum Gasteiger partial charge on any atom is -0.486 e. The summed E-state index contributed by atoms with van der Waals surface area (Å²) in [6.07, 6.45) is 0.